The molecule has 1 aromatic heterocycles. The summed E-state index contributed by atoms with van der Waals surface area (Å²) in [5.41, 5.74) is 15.9. The summed E-state index contributed by atoms with van der Waals surface area (Å²) in [6.45, 7) is 7.29. The monoisotopic (exact) mass is 467 g/mol. The number of carbonyl (C=O) groups excluding carboxylic acids is 1. The normalized spacial score (nSPS) is 14.8. The number of rotatable bonds is 12. The summed E-state index contributed by atoms with van der Waals surface area (Å²) in [6.07, 6.45) is 1.24. The third-order valence-electron chi connectivity index (χ3n) is 5.70. The Morgan fingerprint density at radius 3 is 2.71 bits per heavy atom. The number of hydrogen-bond acceptors (Lipinski definition) is 8. The van der Waals surface area contributed by atoms with Gasteiger partial charge in [0.25, 0.3) is 5.91 Å². The Morgan fingerprint density at radius 1 is 1.21 bits per heavy atom. The second-order valence-corrected chi connectivity index (χ2v) is 8.52. The summed E-state index contributed by atoms with van der Waals surface area (Å²) in [5, 5.41) is 6.15. The first-order valence-corrected chi connectivity index (χ1v) is 11.9. The van der Waals surface area contributed by atoms with Crippen LogP contribution in [0.5, 0.6) is 0 Å². The Kier molecular flexibility index (Phi) is 9.38. The number of amides is 1. The van der Waals surface area contributed by atoms with Crippen LogP contribution >= 0.6 is 0 Å². The average molecular weight is 468 g/mol. The molecule has 2 unspecified atom stereocenters. The number of hydrogen-bond donors (Lipinski definition) is 4. The van der Waals surface area contributed by atoms with E-state index in [0.717, 1.165) is 19.4 Å². The molecule has 1 aromatic carbocycles. The molecule has 2 heterocycles. The number of aryl methyl sites for hydroxylation is 1. The molecule has 184 valence electrons. The molecule has 6 N–H and O–H groups in total. The number of aliphatic imine (C=N–C) groups is 1. The third-order valence-corrected chi connectivity index (χ3v) is 5.70. The minimum Gasteiger partial charge on any atom is -0.474 e. The predicted octanol–water partition coefficient (Wildman–Crippen LogP) is 1.40. The van der Waals surface area contributed by atoms with E-state index in [0.29, 0.717) is 49.2 Å². The quantitative estimate of drug-likeness (QED) is 0.347. The van der Waals surface area contributed by atoms with Crippen molar-refractivity contribution in [2.45, 2.75) is 45.4 Å². The maximum atomic E-state index is 13.0. The Bertz CT molecular complexity index is 995. The Morgan fingerprint density at radius 2 is 2.00 bits per heavy atom. The van der Waals surface area contributed by atoms with Crippen LogP contribution in [0, 0.1) is 0 Å². The minimum atomic E-state index is -0.713. The van der Waals surface area contributed by atoms with Gasteiger partial charge in [-0.15, -0.1) is 0 Å². The van der Waals surface area contributed by atoms with Crippen molar-refractivity contribution in [2.24, 2.45) is 16.5 Å². The number of nitrogens with zero attached hydrogens (tertiary/aromatic N) is 3. The molecule has 3 rings (SSSR count). The highest BCUT2D eigenvalue weighted by molar-refractivity contribution is 5.99. The second-order valence-electron chi connectivity index (χ2n) is 8.52. The maximum absolute atomic E-state index is 13.0. The van der Waals surface area contributed by atoms with E-state index in [9.17, 15) is 4.79 Å². The fourth-order valence-electron chi connectivity index (χ4n) is 3.70. The van der Waals surface area contributed by atoms with Gasteiger partial charge in [-0.25, -0.2) is 9.98 Å². The van der Waals surface area contributed by atoms with Crippen LogP contribution in [0.15, 0.2) is 41.4 Å². The lowest BCUT2D eigenvalue weighted by atomic mass is 10.1. The van der Waals surface area contributed by atoms with E-state index in [4.69, 9.17) is 16.2 Å². The zero-order chi connectivity index (χ0) is 24.5. The lowest BCUT2D eigenvalue weighted by Crippen LogP contribution is -2.56. The number of nitrogens with two attached hydrogens (primary N) is 2. The molecule has 9 nitrogen and oxygen atoms in total. The smallest absolute Gasteiger partial charge is 0.252 e. The molecule has 2 aromatic rings. The molecule has 0 bridgehead atoms. The van der Waals surface area contributed by atoms with Crippen molar-refractivity contribution in [3.8, 4) is 0 Å². The second kappa shape index (κ2) is 12.5. The Balaban J connectivity index is 1.62. The molecule has 0 saturated carbocycles. The number of aromatic nitrogens is 1. The van der Waals surface area contributed by atoms with Crippen molar-refractivity contribution in [2.75, 3.05) is 38.2 Å². The van der Waals surface area contributed by atoms with Crippen LogP contribution in [0.2, 0.25) is 0 Å². The van der Waals surface area contributed by atoms with Crippen LogP contribution in [-0.2, 0) is 17.7 Å². The topological polar surface area (TPSA) is 131 Å². The van der Waals surface area contributed by atoms with Gasteiger partial charge in [0.15, 0.2) is 0 Å². The summed E-state index contributed by atoms with van der Waals surface area (Å²) >= 11 is 0. The van der Waals surface area contributed by atoms with Crippen molar-refractivity contribution in [1.29, 1.82) is 0 Å². The van der Waals surface area contributed by atoms with Gasteiger partial charge in [-0.2, -0.15) is 0 Å². The summed E-state index contributed by atoms with van der Waals surface area (Å²) < 4.78 is 5.57. The van der Waals surface area contributed by atoms with Crippen molar-refractivity contribution in [3.05, 3.63) is 58.8 Å². The predicted molar refractivity (Wildman–Crippen MR) is 136 cm³/mol. The van der Waals surface area contributed by atoms with Crippen LogP contribution in [0.3, 0.4) is 0 Å². The van der Waals surface area contributed by atoms with Gasteiger partial charge >= 0.3 is 0 Å². The van der Waals surface area contributed by atoms with Gasteiger partial charge < -0.3 is 31.7 Å². The fraction of sp³-hybridized carbons (Fsp3) is 0.480. The maximum Gasteiger partial charge on any atom is 0.252 e. The number of benzene rings is 1. The average Bonchev–Trinajstić information content (AvgIpc) is 3.39. The van der Waals surface area contributed by atoms with Crippen LogP contribution < -0.4 is 27.0 Å². The van der Waals surface area contributed by atoms with Crippen LogP contribution in [0.4, 0.5) is 5.82 Å². The van der Waals surface area contributed by atoms with E-state index in [-0.39, 0.29) is 5.91 Å². The minimum absolute atomic E-state index is 0.313. The number of nitrogens with one attached hydrogen (secondary N) is 2. The Hall–Kier alpha value is -3.01. The van der Waals surface area contributed by atoms with Gasteiger partial charge in [-0.05, 0) is 36.1 Å². The van der Waals surface area contributed by atoms with E-state index >= 15 is 0 Å². The molecule has 9 heteroatoms. The van der Waals surface area contributed by atoms with Gasteiger partial charge in [0, 0.05) is 32.2 Å². The molecular weight excluding hydrogens is 430 g/mol. The SMILES string of the molecule is CCCN(C)c1cc(C(=O)NC(N)C(N)CNCc2cccc(CC)c2)cc(C2=NCCO2)n1. The highest BCUT2D eigenvalue weighted by Crippen LogP contribution is 2.17. The summed E-state index contributed by atoms with van der Waals surface area (Å²) in [6, 6.07) is 11.4. The molecule has 1 amide bonds. The number of anilines is 1. The number of pyridine rings is 1. The van der Waals surface area contributed by atoms with Crippen molar-refractivity contribution >= 4 is 17.6 Å². The summed E-state index contributed by atoms with van der Waals surface area (Å²) in [4.78, 5) is 24.0. The molecule has 1 aliphatic rings. The lowest BCUT2D eigenvalue weighted by molar-refractivity contribution is 0.0932. The largest absolute Gasteiger partial charge is 0.474 e. The summed E-state index contributed by atoms with van der Waals surface area (Å²) in [5.74, 6) is 0.821. The molecule has 0 fully saturated rings. The van der Waals surface area contributed by atoms with E-state index in [1.54, 1.807) is 12.1 Å². The molecule has 1 aliphatic heterocycles. The van der Waals surface area contributed by atoms with Gasteiger partial charge in [-0.3, -0.25) is 4.79 Å². The molecular formula is C25H37N7O2. The van der Waals surface area contributed by atoms with E-state index in [1.807, 2.05) is 11.9 Å². The molecule has 0 aliphatic carbocycles. The first-order chi connectivity index (χ1) is 16.4. The summed E-state index contributed by atoms with van der Waals surface area (Å²) in [7, 11) is 1.94. The standard InChI is InChI=1S/C25H37N7O2/c1-4-10-32(3)22-14-19(13-21(30-22)25-29-9-11-34-25)24(33)31-23(27)20(26)16-28-15-18-8-6-7-17(5-2)12-18/h6-8,12-14,20,23,28H,4-5,9-11,15-16,26-27H2,1-3H3,(H,31,33). The first-order valence-electron chi connectivity index (χ1n) is 11.9. The zero-order valence-corrected chi connectivity index (χ0v) is 20.4. The fourth-order valence-corrected chi connectivity index (χ4v) is 3.70. The van der Waals surface area contributed by atoms with E-state index in [1.165, 1.54) is 11.1 Å². The molecule has 34 heavy (non-hydrogen) atoms. The van der Waals surface area contributed by atoms with Crippen LogP contribution in [0.1, 0.15) is 47.4 Å². The van der Waals surface area contributed by atoms with Gasteiger partial charge in [0.1, 0.15) is 18.1 Å². The van der Waals surface area contributed by atoms with Crippen molar-refractivity contribution in [3.63, 3.8) is 0 Å². The van der Waals surface area contributed by atoms with Gasteiger partial charge in [0.05, 0.1) is 18.8 Å². The third kappa shape index (κ3) is 6.99. The van der Waals surface area contributed by atoms with Gasteiger partial charge in [0.2, 0.25) is 5.90 Å². The molecule has 0 radical (unpaired) electrons. The van der Waals surface area contributed by atoms with E-state index < -0.39 is 12.2 Å². The molecule has 2 atom stereocenters. The van der Waals surface area contributed by atoms with Crippen LogP contribution in [-0.4, -0.2) is 62.3 Å². The van der Waals surface area contributed by atoms with E-state index in [2.05, 4.69) is 58.7 Å². The lowest BCUT2D eigenvalue weighted by Gasteiger charge is -2.23. The highest BCUT2D eigenvalue weighted by atomic mass is 16.5. The van der Waals surface area contributed by atoms with Crippen LogP contribution in [0.25, 0.3) is 0 Å². The number of ether oxygens (including phenoxy) is 1. The molecule has 0 saturated heterocycles. The molecule has 0 spiro atoms. The first kappa shape index (κ1) is 25.6. The van der Waals surface area contributed by atoms with Crippen molar-refractivity contribution in [1.82, 2.24) is 15.6 Å². The number of carbonyl (C=O) groups is 1. The van der Waals surface area contributed by atoms with Gasteiger partial charge in [-0.1, -0.05) is 38.1 Å². The van der Waals surface area contributed by atoms with Crippen molar-refractivity contribution < 1.29 is 9.53 Å². The highest BCUT2D eigenvalue weighted by Gasteiger charge is 2.21. The Labute approximate surface area is 202 Å². The zero-order valence-electron chi connectivity index (χ0n) is 20.4.